The minimum Gasteiger partial charge on any atom is -0.447 e. The molecular weight excluding hydrogens is 430 g/mol. The number of carbonyl (C=O) groups excluding carboxylic acids is 2. The molecule has 8 nitrogen and oxygen atoms in total. The summed E-state index contributed by atoms with van der Waals surface area (Å²) in [6.07, 6.45) is 0.881. The highest BCUT2D eigenvalue weighted by atomic mass is 32.2. The zero-order valence-corrected chi connectivity index (χ0v) is 19.7. The normalized spacial score (nSPS) is 18.1. The highest BCUT2D eigenvalue weighted by Crippen LogP contribution is 2.40. The summed E-state index contributed by atoms with van der Waals surface area (Å²) in [6.45, 7) is 7.03. The van der Waals surface area contributed by atoms with Crippen LogP contribution in [0.5, 0.6) is 0 Å². The molecule has 2 atom stereocenters. The quantitative estimate of drug-likeness (QED) is 0.702. The minimum absolute atomic E-state index is 0.0749. The maximum atomic E-state index is 12.3. The van der Waals surface area contributed by atoms with Crippen LogP contribution in [0.4, 0.5) is 16.2 Å². The maximum absolute atomic E-state index is 12.3. The van der Waals surface area contributed by atoms with Gasteiger partial charge in [0.05, 0.1) is 18.4 Å². The molecule has 0 fully saturated rings. The fourth-order valence-corrected chi connectivity index (χ4v) is 4.58. The van der Waals surface area contributed by atoms with Gasteiger partial charge in [-0.2, -0.15) is 0 Å². The van der Waals surface area contributed by atoms with Gasteiger partial charge in [0.1, 0.15) is 0 Å². The third-order valence-corrected chi connectivity index (χ3v) is 5.76. The number of rotatable bonds is 5. The van der Waals surface area contributed by atoms with Crippen LogP contribution in [0.25, 0.3) is 11.1 Å². The third-order valence-electron chi connectivity index (χ3n) is 5.15. The SMILES string of the molecule is CC(=O)N1c2ccc(-c3cccc(NS(C)(=O)=O)c3)cc2[C@H](NC(=O)OC(C)C)C[C@@H]1C. The topological polar surface area (TPSA) is 105 Å². The second-order valence-electron chi connectivity index (χ2n) is 8.35. The molecule has 2 N–H and O–H groups in total. The fraction of sp³-hybridized carbons (Fsp3) is 0.391. The standard InChI is InChI=1S/C23H29N3O5S/c1-14(2)31-23(28)24-21-11-15(3)26(16(4)27)22-10-9-18(13-20(21)22)17-7-6-8-19(12-17)25-32(5,29)30/h6-10,12-15,21,25H,11H2,1-5H3,(H,24,28)/t15-,21+/m0/s1. The summed E-state index contributed by atoms with van der Waals surface area (Å²) in [4.78, 5) is 26.4. The van der Waals surface area contributed by atoms with E-state index < -0.39 is 16.1 Å². The van der Waals surface area contributed by atoms with Crippen molar-refractivity contribution in [1.29, 1.82) is 0 Å². The van der Waals surface area contributed by atoms with Crippen LogP contribution < -0.4 is 14.9 Å². The fourth-order valence-electron chi connectivity index (χ4n) is 4.03. The van der Waals surface area contributed by atoms with Gasteiger partial charge in [0, 0.05) is 24.3 Å². The molecule has 1 aliphatic rings. The third kappa shape index (κ3) is 5.59. The molecule has 32 heavy (non-hydrogen) atoms. The van der Waals surface area contributed by atoms with Crippen LogP contribution in [-0.4, -0.2) is 38.8 Å². The summed E-state index contributed by atoms with van der Waals surface area (Å²) in [7, 11) is -3.40. The van der Waals surface area contributed by atoms with E-state index in [9.17, 15) is 18.0 Å². The molecule has 9 heteroatoms. The smallest absolute Gasteiger partial charge is 0.407 e. The summed E-state index contributed by atoms with van der Waals surface area (Å²) >= 11 is 0. The van der Waals surface area contributed by atoms with Crippen LogP contribution >= 0.6 is 0 Å². The first-order valence-corrected chi connectivity index (χ1v) is 12.3. The molecule has 2 aromatic carbocycles. The van der Waals surface area contributed by atoms with E-state index in [0.717, 1.165) is 28.6 Å². The van der Waals surface area contributed by atoms with Gasteiger partial charge in [-0.3, -0.25) is 9.52 Å². The van der Waals surface area contributed by atoms with Crippen molar-refractivity contribution in [2.45, 2.75) is 52.3 Å². The average Bonchev–Trinajstić information content (AvgIpc) is 2.65. The first kappa shape index (κ1) is 23.6. The van der Waals surface area contributed by atoms with E-state index in [-0.39, 0.29) is 24.1 Å². The molecule has 0 aromatic heterocycles. The number of nitrogens with one attached hydrogen (secondary N) is 2. The van der Waals surface area contributed by atoms with E-state index in [1.54, 1.807) is 36.9 Å². The van der Waals surface area contributed by atoms with Crippen LogP contribution in [0.15, 0.2) is 42.5 Å². The van der Waals surface area contributed by atoms with Gasteiger partial charge in [-0.15, -0.1) is 0 Å². The number of sulfonamides is 1. The lowest BCUT2D eigenvalue weighted by Gasteiger charge is -2.39. The van der Waals surface area contributed by atoms with Gasteiger partial charge in [-0.1, -0.05) is 18.2 Å². The predicted octanol–water partition coefficient (Wildman–Crippen LogP) is 4.05. The van der Waals surface area contributed by atoms with Gasteiger partial charge in [-0.25, -0.2) is 13.2 Å². The Morgan fingerprint density at radius 2 is 1.81 bits per heavy atom. The number of anilines is 2. The summed E-state index contributed by atoms with van der Waals surface area (Å²) in [6, 6.07) is 12.3. The van der Waals surface area contributed by atoms with Crippen LogP contribution in [0.1, 0.15) is 45.7 Å². The van der Waals surface area contributed by atoms with E-state index in [2.05, 4.69) is 10.0 Å². The monoisotopic (exact) mass is 459 g/mol. The van der Waals surface area contributed by atoms with E-state index >= 15 is 0 Å². The Labute approximate surface area is 189 Å². The van der Waals surface area contributed by atoms with Crippen molar-refractivity contribution in [1.82, 2.24) is 5.32 Å². The number of nitrogens with zero attached hydrogens (tertiary/aromatic N) is 1. The van der Waals surface area contributed by atoms with Crippen molar-refractivity contribution in [3.8, 4) is 11.1 Å². The van der Waals surface area contributed by atoms with Crippen molar-refractivity contribution in [3.63, 3.8) is 0 Å². The van der Waals surface area contributed by atoms with Crippen molar-refractivity contribution in [2.24, 2.45) is 0 Å². The van der Waals surface area contributed by atoms with Gasteiger partial charge in [-0.05, 0) is 68.1 Å². The molecule has 0 bridgehead atoms. The van der Waals surface area contributed by atoms with Crippen molar-refractivity contribution in [2.75, 3.05) is 15.9 Å². The Morgan fingerprint density at radius 1 is 1.12 bits per heavy atom. The van der Waals surface area contributed by atoms with Gasteiger partial charge in [0.25, 0.3) is 0 Å². The van der Waals surface area contributed by atoms with Gasteiger partial charge >= 0.3 is 6.09 Å². The number of alkyl carbamates (subject to hydrolysis) is 1. The molecule has 0 aliphatic carbocycles. The zero-order valence-electron chi connectivity index (χ0n) is 18.9. The Hall–Kier alpha value is -3.07. The number of amides is 2. The molecule has 172 valence electrons. The van der Waals surface area contributed by atoms with E-state index in [0.29, 0.717) is 12.1 Å². The predicted molar refractivity (Wildman–Crippen MR) is 125 cm³/mol. The number of hydrogen-bond donors (Lipinski definition) is 2. The lowest BCUT2D eigenvalue weighted by atomic mass is 9.89. The van der Waals surface area contributed by atoms with Gasteiger partial charge in [0.15, 0.2) is 0 Å². The number of benzene rings is 2. The first-order valence-electron chi connectivity index (χ1n) is 10.4. The molecule has 1 aliphatic heterocycles. The van der Waals surface area contributed by atoms with Crippen molar-refractivity contribution < 1.29 is 22.7 Å². The molecule has 0 spiro atoms. The van der Waals surface area contributed by atoms with E-state index in [1.165, 1.54) is 6.92 Å². The number of ether oxygens (including phenoxy) is 1. The zero-order chi connectivity index (χ0) is 23.6. The maximum Gasteiger partial charge on any atom is 0.407 e. The van der Waals surface area contributed by atoms with Crippen LogP contribution in [0.2, 0.25) is 0 Å². The lowest BCUT2D eigenvalue weighted by molar-refractivity contribution is -0.117. The molecular formula is C23H29N3O5S. The molecule has 0 saturated carbocycles. The highest BCUT2D eigenvalue weighted by molar-refractivity contribution is 7.92. The molecule has 1 heterocycles. The molecule has 0 radical (unpaired) electrons. The van der Waals surface area contributed by atoms with Crippen molar-refractivity contribution >= 4 is 33.4 Å². The second-order valence-corrected chi connectivity index (χ2v) is 10.1. The van der Waals surface area contributed by atoms with E-state index in [4.69, 9.17) is 4.74 Å². The molecule has 2 aromatic rings. The summed E-state index contributed by atoms with van der Waals surface area (Å²) in [5, 5.41) is 2.93. The number of carbonyl (C=O) groups is 2. The molecule has 0 saturated heterocycles. The van der Waals surface area contributed by atoms with Crippen molar-refractivity contribution in [3.05, 3.63) is 48.0 Å². The second kappa shape index (κ2) is 9.20. The number of fused-ring (bicyclic) bond motifs is 1. The number of hydrogen-bond acceptors (Lipinski definition) is 5. The van der Waals surface area contributed by atoms with Crippen LogP contribution in [0, 0.1) is 0 Å². The Bertz CT molecular complexity index is 1130. The lowest BCUT2D eigenvalue weighted by Crippen LogP contribution is -2.45. The molecule has 3 rings (SSSR count). The Balaban J connectivity index is 2.03. The largest absolute Gasteiger partial charge is 0.447 e. The molecule has 0 unspecified atom stereocenters. The summed E-state index contributed by atoms with van der Waals surface area (Å²) in [5.74, 6) is -0.0749. The van der Waals surface area contributed by atoms with Gasteiger partial charge < -0.3 is 15.0 Å². The van der Waals surface area contributed by atoms with E-state index in [1.807, 2.05) is 31.2 Å². The average molecular weight is 460 g/mol. The highest BCUT2D eigenvalue weighted by Gasteiger charge is 2.33. The summed E-state index contributed by atoms with van der Waals surface area (Å²) < 4.78 is 30.9. The summed E-state index contributed by atoms with van der Waals surface area (Å²) in [5.41, 5.74) is 3.64. The van der Waals surface area contributed by atoms with Crippen LogP contribution in [-0.2, 0) is 19.6 Å². The Morgan fingerprint density at radius 3 is 2.44 bits per heavy atom. The minimum atomic E-state index is -3.40. The molecule has 2 amide bonds. The Kier molecular flexibility index (Phi) is 6.78. The van der Waals surface area contributed by atoms with Crippen LogP contribution in [0.3, 0.4) is 0 Å². The van der Waals surface area contributed by atoms with Gasteiger partial charge in [0.2, 0.25) is 15.9 Å². The first-order chi connectivity index (χ1) is 14.9.